The highest BCUT2D eigenvalue weighted by Gasteiger charge is 2.27. The minimum Gasteiger partial charge on any atom is -0.480 e. The molecule has 1 aromatic carbocycles. The predicted molar refractivity (Wildman–Crippen MR) is 99.4 cm³/mol. The van der Waals surface area contributed by atoms with Gasteiger partial charge in [0.25, 0.3) is 0 Å². The van der Waals surface area contributed by atoms with Crippen molar-refractivity contribution in [2.75, 3.05) is 20.7 Å². The summed E-state index contributed by atoms with van der Waals surface area (Å²) in [5.41, 5.74) is 2.39. The fourth-order valence-electron chi connectivity index (χ4n) is 3.57. The first-order chi connectivity index (χ1) is 12.2. The van der Waals surface area contributed by atoms with E-state index < -0.39 is 0 Å². The number of likely N-dealkylation sites (tertiary alicyclic amines) is 1. The second-order valence-electron chi connectivity index (χ2n) is 6.97. The van der Waals surface area contributed by atoms with Crippen LogP contribution in [0.4, 0.5) is 0 Å². The number of nitrogens with zero attached hydrogens (tertiary/aromatic N) is 4. The predicted octanol–water partition coefficient (Wildman–Crippen LogP) is 2.97. The Bertz CT molecular complexity index is 647. The smallest absolute Gasteiger partial charge is 0.233 e. The second kappa shape index (κ2) is 8.41. The van der Waals surface area contributed by atoms with Crippen LogP contribution in [0.25, 0.3) is 0 Å². The van der Waals surface area contributed by atoms with E-state index in [0.717, 1.165) is 25.3 Å². The van der Waals surface area contributed by atoms with Crippen LogP contribution in [-0.4, -0.2) is 52.8 Å². The minimum absolute atomic E-state index is 0.564. The van der Waals surface area contributed by atoms with Gasteiger partial charge in [-0.3, -0.25) is 9.80 Å². The number of aromatic nitrogens is 2. The molecule has 1 aliphatic rings. The largest absolute Gasteiger partial charge is 0.480 e. The van der Waals surface area contributed by atoms with Crippen molar-refractivity contribution in [3.63, 3.8) is 0 Å². The van der Waals surface area contributed by atoms with Gasteiger partial charge < -0.3 is 4.74 Å². The Morgan fingerprint density at radius 3 is 2.60 bits per heavy atom. The van der Waals surface area contributed by atoms with Crippen molar-refractivity contribution < 1.29 is 4.74 Å². The SMILES string of the molecule is COc1ccc(CN(C)[C@@H]2CCN(Cc3ccccc3)[C@@H](C)C2)nn1. The summed E-state index contributed by atoms with van der Waals surface area (Å²) in [4.78, 5) is 5.00. The highest BCUT2D eigenvalue weighted by atomic mass is 16.5. The Morgan fingerprint density at radius 2 is 1.96 bits per heavy atom. The average Bonchev–Trinajstić information content (AvgIpc) is 2.65. The molecule has 1 aromatic heterocycles. The van der Waals surface area contributed by atoms with E-state index in [1.807, 2.05) is 12.1 Å². The molecule has 0 amide bonds. The first-order valence-electron chi connectivity index (χ1n) is 9.00. The van der Waals surface area contributed by atoms with E-state index in [1.165, 1.54) is 18.4 Å². The van der Waals surface area contributed by atoms with E-state index in [4.69, 9.17) is 4.74 Å². The van der Waals surface area contributed by atoms with Crippen molar-refractivity contribution in [1.82, 2.24) is 20.0 Å². The average molecular weight is 340 g/mol. The Morgan fingerprint density at radius 1 is 1.16 bits per heavy atom. The van der Waals surface area contributed by atoms with Crippen LogP contribution in [0.1, 0.15) is 31.0 Å². The monoisotopic (exact) mass is 340 g/mol. The summed E-state index contributed by atoms with van der Waals surface area (Å²) in [6, 6.07) is 15.8. The zero-order valence-corrected chi connectivity index (χ0v) is 15.4. The molecule has 0 radical (unpaired) electrons. The van der Waals surface area contributed by atoms with Gasteiger partial charge in [0.1, 0.15) is 0 Å². The van der Waals surface area contributed by atoms with E-state index in [2.05, 4.69) is 64.3 Å². The first-order valence-corrected chi connectivity index (χ1v) is 9.00. The number of methoxy groups -OCH3 is 1. The minimum atomic E-state index is 0.564. The molecule has 0 spiro atoms. The molecular weight excluding hydrogens is 312 g/mol. The van der Waals surface area contributed by atoms with E-state index in [1.54, 1.807) is 7.11 Å². The van der Waals surface area contributed by atoms with Crippen molar-refractivity contribution in [2.45, 2.75) is 44.9 Å². The molecule has 2 heterocycles. The molecular formula is C20H28N4O. The van der Waals surface area contributed by atoms with Crippen molar-refractivity contribution in [3.05, 3.63) is 53.7 Å². The molecule has 0 unspecified atom stereocenters. The summed E-state index contributed by atoms with van der Waals surface area (Å²) < 4.78 is 5.07. The zero-order valence-electron chi connectivity index (χ0n) is 15.4. The maximum absolute atomic E-state index is 5.07. The first kappa shape index (κ1) is 17.8. The number of hydrogen-bond donors (Lipinski definition) is 0. The van der Waals surface area contributed by atoms with Crippen LogP contribution in [0.3, 0.4) is 0 Å². The summed E-state index contributed by atoms with van der Waals surface area (Å²) in [6.45, 7) is 5.35. The fourth-order valence-corrected chi connectivity index (χ4v) is 3.57. The van der Waals surface area contributed by atoms with Crippen LogP contribution in [0, 0.1) is 0 Å². The van der Waals surface area contributed by atoms with Gasteiger partial charge in [-0.2, -0.15) is 5.10 Å². The Balaban J connectivity index is 1.52. The summed E-state index contributed by atoms with van der Waals surface area (Å²) in [5.74, 6) is 0.564. The second-order valence-corrected chi connectivity index (χ2v) is 6.97. The number of hydrogen-bond acceptors (Lipinski definition) is 5. The molecule has 0 bridgehead atoms. The molecule has 0 aliphatic carbocycles. The van der Waals surface area contributed by atoms with Crippen LogP contribution in [-0.2, 0) is 13.1 Å². The number of rotatable bonds is 6. The summed E-state index contributed by atoms with van der Waals surface area (Å²) in [6.07, 6.45) is 2.38. The third-order valence-corrected chi connectivity index (χ3v) is 5.15. The molecule has 25 heavy (non-hydrogen) atoms. The molecule has 134 valence electrons. The molecule has 5 heteroatoms. The quantitative estimate of drug-likeness (QED) is 0.809. The molecule has 2 aromatic rings. The highest BCUT2D eigenvalue weighted by Crippen LogP contribution is 2.23. The maximum atomic E-state index is 5.07. The molecule has 1 saturated heterocycles. The van der Waals surface area contributed by atoms with Crippen LogP contribution in [0.5, 0.6) is 5.88 Å². The van der Waals surface area contributed by atoms with E-state index in [9.17, 15) is 0 Å². The number of ether oxygens (including phenoxy) is 1. The molecule has 5 nitrogen and oxygen atoms in total. The third kappa shape index (κ3) is 4.77. The highest BCUT2D eigenvalue weighted by molar-refractivity contribution is 5.15. The van der Waals surface area contributed by atoms with Gasteiger partial charge in [-0.05, 0) is 38.4 Å². The lowest BCUT2D eigenvalue weighted by molar-refractivity contribution is 0.0765. The number of benzene rings is 1. The topological polar surface area (TPSA) is 41.5 Å². The van der Waals surface area contributed by atoms with Gasteiger partial charge in [0.2, 0.25) is 5.88 Å². The van der Waals surface area contributed by atoms with Crippen molar-refractivity contribution in [1.29, 1.82) is 0 Å². The molecule has 0 N–H and O–H groups in total. The van der Waals surface area contributed by atoms with E-state index in [-0.39, 0.29) is 0 Å². The Kier molecular flexibility index (Phi) is 6.00. The van der Waals surface area contributed by atoms with E-state index >= 15 is 0 Å². The van der Waals surface area contributed by atoms with Gasteiger partial charge in [-0.25, -0.2) is 0 Å². The lowest BCUT2D eigenvalue weighted by Crippen LogP contribution is -2.47. The molecule has 1 aliphatic heterocycles. The standard InChI is InChI=1S/C20H28N4O/c1-16-13-19(11-12-24(16)14-17-7-5-4-6-8-17)23(2)15-18-9-10-20(25-3)22-21-18/h4-10,16,19H,11-15H2,1-3H3/t16-,19+/m0/s1. The van der Waals surface area contributed by atoms with Crippen molar-refractivity contribution >= 4 is 0 Å². The number of piperidine rings is 1. The summed E-state index contributed by atoms with van der Waals surface area (Å²) >= 11 is 0. The van der Waals surface area contributed by atoms with E-state index in [0.29, 0.717) is 18.0 Å². The van der Waals surface area contributed by atoms with Gasteiger partial charge in [-0.1, -0.05) is 30.3 Å². The Labute approximate surface area is 150 Å². The maximum Gasteiger partial charge on any atom is 0.233 e. The molecule has 2 atom stereocenters. The zero-order chi connectivity index (χ0) is 17.6. The Hall–Kier alpha value is -1.98. The van der Waals surface area contributed by atoms with Crippen LogP contribution in [0.15, 0.2) is 42.5 Å². The molecule has 0 saturated carbocycles. The van der Waals surface area contributed by atoms with Crippen LogP contribution >= 0.6 is 0 Å². The van der Waals surface area contributed by atoms with Crippen LogP contribution in [0.2, 0.25) is 0 Å². The molecule has 3 rings (SSSR count). The normalized spacial score (nSPS) is 21.4. The summed E-state index contributed by atoms with van der Waals surface area (Å²) in [5, 5.41) is 8.31. The fraction of sp³-hybridized carbons (Fsp3) is 0.500. The van der Waals surface area contributed by atoms with Crippen LogP contribution < -0.4 is 4.74 Å². The van der Waals surface area contributed by atoms with Gasteiger partial charge in [-0.15, -0.1) is 5.10 Å². The van der Waals surface area contributed by atoms with Gasteiger partial charge in [0.05, 0.1) is 12.8 Å². The summed E-state index contributed by atoms with van der Waals surface area (Å²) in [7, 11) is 3.80. The van der Waals surface area contributed by atoms with Gasteiger partial charge in [0.15, 0.2) is 0 Å². The molecule has 1 fully saturated rings. The van der Waals surface area contributed by atoms with Gasteiger partial charge in [0, 0.05) is 37.8 Å². The third-order valence-electron chi connectivity index (χ3n) is 5.15. The lowest BCUT2D eigenvalue weighted by atomic mass is 9.96. The lowest BCUT2D eigenvalue weighted by Gasteiger charge is -2.41. The van der Waals surface area contributed by atoms with Crippen molar-refractivity contribution in [2.24, 2.45) is 0 Å². The van der Waals surface area contributed by atoms with Crippen molar-refractivity contribution in [3.8, 4) is 5.88 Å². The van der Waals surface area contributed by atoms with Gasteiger partial charge >= 0.3 is 0 Å².